The molecule has 0 aliphatic carbocycles. The van der Waals surface area contributed by atoms with Crippen LogP contribution in [0.15, 0.2) is 0 Å². The molecule has 0 aromatic heterocycles. The fourth-order valence-corrected chi connectivity index (χ4v) is 0. The first-order valence-corrected chi connectivity index (χ1v) is 2.26. The Labute approximate surface area is 52.7 Å². The first kappa shape index (κ1) is 11.2. The Balaban J connectivity index is 0. The maximum absolute atomic E-state index is 9.00. The van der Waals surface area contributed by atoms with E-state index in [1.807, 2.05) is 0 Å². The molecule has 0 atom stereocenters. The fourth-order valence-electron chi connectivity index (χ4n) is 0. The molecule has 0 bridgehead atoms. The number of hydrogen-bond donors (Lipinski definition) is 4. The summed E-state index contributed by atoms with van der Waals surface area (Å²) >= 11 is 0. The van der Waals surface area contributed by atoms with Crippen molar-refractivity contribution in [2.75, 3.05) is 6.54 Å². The van der Waals surface area contributed by atoms with Crippen LogP contribution in [0.25, 0.3) is 0 Å². The van der Waals surface area contributed by atoms with Crippen molar-refractivity contribution in [3.05, 3.63) is 0 Å². The summed E-state index contributed by atoms with van der Waals surface area (Å²) in [6.07, 6.45) is -1.34. The van der Waals surface area contributed by atoms with Crippen LogP contribution in [-0.4, -0.2) is 34.1 Å². The van der Waals surface area contributed by atoms with E-state index in [0.717, 1.165) is 6.92 Å². The van der Waals surface area contributed by atoms with Crippen molar-refractivity contribution in [3.8, 4) is 0 Å². The lowest BCUT2D eigenvalue weighted by Gasteiger charge is -1.90. The van der Waals surface area contributed by atoms with Gasteiger partial charge in [-0.25, -0.2) is 0 Å². The number of rotatable bonds is 1. The van der Waals surface area contributed by atoms with Crippen molar-refractivity contribution >= 4 is 5.97 Å². The minimum atomic E-state index is -1.34. The molecular weight excluding hydrogens is 126 g/mol. The fraction of sp³-hybridized carbons (Fsp3) is 0.750. The third-order valence-corrected chi connectivity index (χ3v) is 0.211. The van der Waals surface area contributed by atoms with Crippen molar-refractivity contribution in [3.63, 3.8) is 0 Å². The highest BCUT2D eigenvalue weighted by atomic mass is 16.5. The highest BCUT2D eigenvalue weighted by Gasteiger charge is 1.83. The van der Waals surface area contributed by atoms with E-state index in [0.29, 0.717) is 0 Å². The van der Waals surface area contributed by atoms with Gasteiger partial charge in [0.2, 0.25) is 0 Å². The molecule has 0 aliphatic heterocycles. The van der Waals surface area contributed by atoms with Gasteiger partial charge in [-0.05, 0) is 0 Å². The number of aliphatic hydroxyl groups is 2. The van der Waals surface area contributed by atoms with Crippen LogP contribution >= 0.6 is 0 Å². The van der Waals surface area contributed by atoms with E-state index in [-0.39, 0.29) is 6.54 Å². The predicted molar refractivity (Wildman–Crippen MR) is 30.6 cm³/mol. The summed E-state index contributed by atoms with van der Waals surface area (Å²) in [5.41, 5.74) is 4.67. The predicted octanol–water partition coefficient (Wildman–Crippen LogP) is -1.65. The number of hydrogen-bond acceptors (Lipinski definition) is 4. The van der Waals surface area contributed by atoms with Crippen LogP contribution in [0.1, 0.15) is 6.92 Å². The Bertz CT molecular complexity index is 69.0. The standard InChI is InChI=1S/C2H7NO2.C2H4O2/c3-1-2(4)5;1-2(3)4/h2,4-5H,1,3H2;1H3,(H,3,4). The van der Waals surface area contributed by atoms with Crippen LogP contribution in [0.3, 0.4) is 0 Å². The van der Waals surface area contributed by atoms with Gasteiger partial charge < -0.3 is 21.1 Å². The lowest BCUT2D eigenvalue weighted by Crippen LogP contribution is -2.17. The number of carboxylic acid groups (broad SMARTS) is 1. The van der Waals surface area contributed by atoms with Crippen molar-refractivity contribution < 1.29 is 20.1 Å². The molecule has 56 valence electrons. The van der Waals surface area contributed by atoms with Crippen molar-refractivity contribution in [1.29, 1.82) is 0 Å². The molecule has 0 fully saturated rings. The highest BCUT2D eigenvalue weighted by molar-refractivity contribution is 5.62. The average Bonchev–Trinajstić information content (AvgIpc) is 1.65. The first-order valence-electron chi connectivity index (χ1n) is 2.26. The van der Waals surface area contributed by atoms with Crippen LogP contribution in [-0.2, 0) is 4.79 Å². The summed E-state index contributed by atoms with van der Waals surface area (Å²) in [7, 11) is 0. The molecule has 0 heterocycles. The van der Waals surface area contributed by atoms with Gasteiger partial charge >= 0.3 is 0 Å². The van der Waals surface area contributed by atoms with Gasteiger partial charge in [0, 0.05) is 13.5 Å². The highest BCUT2D eigenvalue weighted by Crippen LogP contribution is 1.58. The molecule has 0 aliphatic rings. The Morgan fingerprint density at radius 3 is 1.78 bits per heavy atom. The molecule has 5 nitrogen and oxygen atoms in total. The van der Waals surface area contributed by atoms with E-state index in [2.05, 4.69) is 5.73 Å². The second-order valence-corrected chi connectivity index (χ2v) is 1.24. The monoisotopic (exact) mass is 137 g/mol. The maximum Gasteiger partial charge on any atom is 0.300 e. The molecule has 0 saturated carbocycles. The summed E-state index contributed by atoms with van der Waals surface area (Å²) in [6, 6.07) is 0. The van der Waals surface area contributed by atoms with E-state index in [1.165, 1.54) is 0 Å². The summed E-state index contributed by atoms with van der Waals surface area (Å²) in [4.78, 5) is 9.00. The number of carbonyl (C=O) groups is 1. The van der Waals surface area contributed by atoms with Gasteiger partial charge in [-0.3, -0.25) is 4.79 Å². The van der Waals surface area contributed by atoms with Crippen LogP contribution in [0.2, 0.25) is 0 Å². The molecule has 0 saturated heterocycles. The zero-order valence-electron chi connectivity index (χ0n) is 5.11. The topological polar surface area (TPSA) is 104 Å². The van der Waals surface area contributed by atoms with E-state index >= 15 is 0 Å². The minimum absolute atomic E-state index is 0.0833. The first-order chi connectivity index (χ1) is 4.00. The average molecular weight is 137 g/mol. The lowest BCUT2D eigenvalue weighted by molar-refractivity contribution is -0.134. The molecule has 5 N–H and O–H groups in total. The number of nitrogens with two attached hydrogens (primary N) is 1. The Kier molecular flexibility index (Phi) is 9.14. The van der Waals surface area contributed by atoms with Gasteiger partial charge in [0.15, 0.2) is 6.29 Å². The minimum Gasteiger partial charge on any atom is -0.481 e. The van der Waals surface area contributed by atoms with E-state index < -0.39 is 12.3 Å². The second kappa shape index (κ2) is 7.35. The summed E-state index contributed by atoms with van der Waals surface area (Å²) in [5, 5.41) is 23.0. The lowest BCUT2D eigenvalue weighted by atomic mass is 10.7. The molecule has 0 aromatic carbocycles. The van der Waals surface area contributed by atoms with E-state index in [1.54, 1.807) is 0 Å². The van der Waals surface area contributed by atoms with Crippen molar-refractivity contribution in [2.45, 2.75) is 13.2 Å². The smallest absolute Gasteiger partial charge is 0.300 e. The summed E-state index contributed by atoms with van der Waals surface area (Å²) < 4.78 is 0. The Morgan fingerprint density at radius 1 is 1.67 bits per heavy atom. The van der Waals surface area contributed by atoms with Crippen LogP contribution in [0, 0.1) is 0 Å². The molecule has 5 heteroatoms. The molecule has 0 rings (SSSR count). The van der Waals surface area contributed by atoms with Crippen molar-refractivity contribution in [1.82, 2.24) is 0 Å². The quantitative estimate of drug-likeness (QED) is 0.324. The Morgan fingerprint density at radius 2 is 1.78 bits per heavy atom. The van der Waals surface area contributed by atoms with Gasteiger partial charge in [-0.2, -0.15) is 0 Å². The molecular formula is C4H11NO4. The largest absolute Gasteiger partial charge is 0.481 e. The zero-order valence-corrected chi connectivity index (χ0v) is 5.11. The van der Waals surface area contributed by atoms with Gasteiger partial charge in [0.25, 0.3) is 5.97 Å². The molecule has 0 spiro atoms. The van der Waals surface area contributed by atoms with Gasteiger partial charge in [-0.15, -0.1) is 0 Å². The summed E-state index contributed by atoms with van der Waals surface area (Å²) in [6.45, 7) is 1.00. The van der Waals surface area contributed by atoms with E-state index in [4.69, 9.17) is 20.1 Å². The SMILES string of the molecule is CC(=O)O.NCC(O)O. The third kappa shape index (κ3) is 115. The zero-order chi connectivity index (χ0) is 7.86. The maximum atomic E-state index is 9.00. The molecule has 0 radical (unpaired) electrons. The number of carboxylic acids is 1. The van der Waals surface area contributed by atoms with Crippen LogP contribution in [0.5, 0.6) is 0 Å². The molecule has 0 amide bonds. The Hall–Kier alpha value is -0.650. The molecule has 0 aromatic rings. The third-order valence-electron chi connectivity index (χ3n) is 0.211. The molecule has 9 heavy (non-hydrogen) atoms. The van der Waals surface area contributed by atoms with Gasteiger partial charge in [-0.1, -0.05) is 0 Å². The number of aliphatic carboxylic acids is 1. The van der Waals surface area contributed by atoms with E-state index in [9.17, 15) is 0 Å². The summed E-state index contributed by atoms with van der Waals surface area (Å²) in [5.74, 6) is -0.833. The van der Waals surface area contributed by atoms with Crippen LogP contribution in [0.4, 0.5) is 0 Å². The van der Waals surface area contributed by atoms with Gasteiger partial charge in [0.05, 0.1) is 0 Å². The number of aliphatic hydroxyl groups excluding tert-OH is 1. The molecule has 0 unspecified atom stereocenters. The second-order valence-electron chi connectivity index (χ2n) is 1.24. The normalized spacial score (nSPS) is 8.11. The van der Waals surface area contributed by atoms with Crippen molar-refractivity contribution in [2.24, 2.45) is 5.73 Å². The van der Waals surface area contributed by atoms with Crippen LogP contribution < -0.4 is 5.73 Å². The van der Waals surface area contributed by atoms with Gasteiger partial charge in [0.1, 0.15) is 0 Å².